The van der Waals surface area contributed by atoms with Crippen LogP contribution in [0.15, 0.2) is 42.5 Å². The van der Waals surface area contributed by atoms with Gasteiger partial charge in [-0.05, 0) is 48.7 Å². The SMILES string of the molecule is O=C1c2[nH]c3ccc(F)cc3c2-c2ccccc2CN1CC1CCCN1. The van der Waals surface area contributed by atoms with E-state index >= 15 is 0 Å². The lowest BCUT2D eigenvalue weighted by Crippen LogP contribution is -2.40. The van der Waals surface area contributed by atoms with Crippen LogP contribution in [0.2, 0.25) is 0 Å². The Labute approximate surface area is 151 Å². The number of benzene rings is 2. The molecule has 5 rings (SSSR count). The van der Waals surface area contributed by atoms with Gasteiger partial charge in [0.15, 0.2) is 0 Å². The highest BCUT2D eigenvalue weighted by atomic mass is 19.1. The van der Waals surface area contributed by atoms with Gasteiger partial charge in [-0.2, -0.15) is 0 Å². The molecule has 3 heterocycles. The van der Waals surface area contributed by atoms with E-state index in [4.69, 9.17) is 0 Å². The molecule has 1 amide bonds. The Kier molecular flexibility index (Phi) is 3.57. The number of carbonyl (C=O) groups excluding carboxylic acids is 1. The molecule has 0 bridgehead atoms. The summed E-state index contributed by atoms with van der Waals surface area (Å²) in [5.41, 5.74) is 4.29. The number of H-pyrrole nitrogens is 1. The van der Waals surface area contributed by atoms with Gasteiger partial charge in [-0.3, -0.25) is 4.79 Å². The van der Waals surface area contributed by atoms with E-state index in [-0.39, 0.29) is 11.7 Å². The van der Waals surface area contributed by atoms with Crippen molar-refractivity contribution < 1.29 is 9.18 Å². The van der Waals surface area contributed by atoms with Gasteiger partial charge in [0.25, 0.3) is 5.91 Å². The summed E-state index contributed by atoms with van der Waals surface area (Å²) >= 11 is 0. The van der Waals surface area contributed by atoms with Gasteiger partial charge in [-0.25, -0.2) is 4.39 Å². The summed E-state index contributed by atoms with van der Waals surface area (Å²) in [6, 6.07) is 13.0. The number of carbonyl (C=O) groups is 1. The number of nitrogens with one attached hydrogen (secondary N) is 2. The monoisotopic (exact) mass is 349 g/mol. The fraction of sp³-hybridized carbons (Fsp3) is 0.286. The van der Waals surface area contributed by atoms with Gasteiger partial charge in [0, 0.05) is 35.6 Å². The summed E-state index contributed by atoms with van der Waals surface area (Å²) in [5.74, 6) is -0.304. The predicted octanol–water partition coefficient (Wildman–Crippen LogP) is 3.68. The summed E-state index contributed by atoms with van der Waals surface area (Å²) in [6.07, 6.45) is 2.25. The third-order valence-electron chi connectivity index (χ3n) is 5.51. The Balaban J connectivity index is 1.69. The van der Waals surface area contributed by atoms with Crippen LogP contribution in [-0.2, 0) is 6.54 Å². The van der Waals surface area contributed by atoms with Crippen LogP contribution in [-0.4, -0.2) is 34.9 Å². The maximum atomic E-state index is 13.9. The predicted molar refractivity (Wildman–Crippen MR) is 99.5 cm³/mol. The third kappa shape index (κ3) is 2.42. The second-order valence-corrected chi connectivity index (χ2v) is 7.20. The number of rotatable bonds is 2. The molecular weight excluding hydrogens is 329 g/mol. The van der Waals surface area contributed by atoms with Crippen LogP contribution < -0.4 is 5.32 Å². The van der Waals surface area contributed by atoms with Crippen LogP contribution >= 0.6 is 0 Å². The highest BCUT2D eigenvalue weighted by Gasteiger charge is 2.31. The molecule has 0 spiro atoms. The van der Waals surface area contributed by atoms with E-state index in [2.05, 4.69) is 16.4 Å². The zero-order valence-corrected chi connectivity index (χ0v) is 14.4. The van der Waals surface area contributed by atoms with Crippen molar-refractivity contribution in [3.8, 4) is 11.1 Å². The molecule has 2 aliphatic heterocycles. The zero-order valence-electron chi connectivity index (χ0n) is 14.4. The van der Waals surface area contributed by atoms with Crippen molar-refractivity contribution in [3.63, 3.8) is 0 Å². The minimum absolute atomic E-state index is 0.0125. The van der Waals surface area contributed by atoms with Gasteiger partial charge in [0.2, 0.25) is 0 Å². The lowest BCUT2D eigenvalue weighted by molar-refractivity contribution is 0.0727. The fourth-order valence-electron chi connectivity index (χ4n) is 4.27. The molecule has 5 heteroatoms. The van der Waals surface area contributed by atoms with Gasteiger partial charge < -0.3 is 15.2 Å². The van der Waals surface area contributed by atoms with Crippen LogP contribution in [0, 0.1) is 5.82 Å². The molecule has 1 atom stereocenters. The standard InChI is InChI=1S/C21H20FN3O/c22-14-7-8-18-17(10-14)19-16-6-2-1-4-13(16)11-25(21(26)20(19)24-18)12-15-5-3-9-23-15/h1-2,4,6-8,10,15,23-24H,3,5,9,11-12H2. The highest BCUT2D eigenvalue weighted by Crippen LogP contribution is 2.38. The number of aromatic nitrogens is 1. The molecule has 0 saturated carbocycles. The molecule has 0 radical (unpaired) electrons. The van der Waals surface area contributed by atoms with E-state index in [0.29, 0.717) is 24.8 Å². The van der Waals surface area contributed by atoms with Crippen molar-refractivity contribution in [2.75, 3.05) is 13.1 Å². The molecule has 1 aromatic heterocycles. The first-order valence-corrected chi connectivity index (χ1v) is 9.13. The molecule has 2 N–H and O–H groups in total. The first kappa shape index (κ1) is 15.6. The normalized spacial score (nSPS) is 19.5. The van der Waals surface area contributed by atoms with E-state index in [9.17, 15) is 9.18 Å². The number of hydrogen-bond donors (Lipinski definition) is 2. The lowest BCUT2D eigenvalue weighted by Gasteiger charge is -2.24. The number of fused-ring (bicyclic) bond motifs is 5. The molecule has 1 saturated heterocycles. The quantitative estimate of drug-likeness (QED) is 0.741. The number of halogens is 1. The second-order valence-electron chi connectivity index (χ2n) is 7.20. The van der Waals surface area contributed by atoms with Gasteiger partial charge >= 0.3 is 0 Å². The van der Waals surface area contributed by atoms with E-state index in [1.807, 2.05) is 23.1 Å². The Hall–Kier alpha value is -2.66. The minimum atomic E-state index is -0.291. The van der Waals surface area contributed by atoms with Crippen LogP contribution in [0.5, 0.6) is 0 Å². The summed E-state index contributed by atoms with van der Waals surface area (Å²) in [5, 5.41) is 4.24. The smallest absolute Gasteiger partial charge is 0.271 e. The molecule has 0 aliphatic carbocycles. The Morgan fingerprint density at radius 3 is 2.92 bits per heavy atom. The van der Waals surface area contributed by atoms with Crippen molar-refractivity contribution in [2.24, 2.45) is 0 Å². The van der Waals surface area contributed by atoms with Crippen molar-refractivity contribution in [1.29, 1.82) is 0 Å². The van der Waals surface area contributed by atoms with E-state index in [0.717, 1.165) is 47.0 Å². The van der Waals surface area contributed by atoms with Gasteiger partial charge in [0.05, 0.1) is 0 Å². The van der Waals surface area contributed by atoms with Gasteiger partial charge in [0.1, 0.15) is 11.5 Å². The average Bonchev–Trinajstić information content (AvgIpc) is 3.26. The first-order valence-electron chi connectivity index (χ1n) is 9.13. The Morgan fingerprint density at radius 2 is 2.08 bits per heavy atom. The molecule has 2 aromatic carbocycles. The van der Waals surface area contributed by atoms with Crippen molar-refractivity contribution in [1.82, 2.24) is 15.2 Å². The first-order chi connectivity index (χ1) is 12.7. The van der Waals surface area contributed by atoms with Crippen molar-refractivity contribution in [2.45, 2.75) is 25.4 Å². The van der Waals surface area contributed by atoms with Gasteiger partial charge in [-0.15, -0.1) is 0 Å². The number of hydrogen-bond acceptors (Lipinski definition) is 2. The third-order valence-corrected chi connectivity index (χ3v) is 5.51. The molecule has 1 unspecified atom stereocenters. The minimum Gasteiger partial charge on any atom is -0.350 e. The number of nitrogens with zero attached hydrogens (tertiary/aromatic N) is 1. The Bertz CT molecular complexity index is 1000. The Morgan fingerprint density at radius 1 is 1.19 bits per heavy atom. The van der Waals surface area contributed by atoms with Crippen molar-refractivity contribution >= 4 is 16.8 Å². The topological polar surface area (TPSA) is 48.1 Å². The number of amides is 1. The zero-order chi connectivity index (χ0) is 17.7. The second kappa shape index (κ2) is 5.95. The molecule has 4 nitrogen and oxygen atoms in total. The van der Waals surface area contributed by atoms with Crippen LogP contribution in [0.1, 0.15) is 28.9 Å². The summed E-state index contributed by atoms with van der Waals surface area (Å²) in [6.45, 7) is 2.28. The molecule has 3 aromatic rings. The largest absolute Gasteiger partial charge is 0.350 e. The molecule has 132 valence electrons. The summed E-state index contributed by atoms with van der Waals surface area (Å²) in [4.78, 5) is 18.5. The maximum absolute atomic E-state index is 13.9. The molecule has 26 heavy (non-hydrogen) atoms. The van der Waals surface area contributed by atoms with E-state index in [1.54, 1.807) is 6.07 Å². The van der Waals surface area contributed by atoms with Crippen LogP contribution in [0.3, 0.4) is 0 Å². The van der Waals surface area contributed by atoms with Gasteiger partial charge in [-0.1, -0.05) is 24.3 Å². The maximum Gasteiger partial charge on any atom is 0.271 e. The van der Waals surface area contributed by atoms with E-state index in [1.165, 1.54) is 12.1 Å². The number of aromatic amines is 1. The van der Waals surface area contributed by atoms with Crippen LogP contribution in [0.25, 0.3) is 22.0 Å². The fourth-order valence-corrected chi connectivity index (χ4v) is 4.27. The summed E-state index contributed by atoms with van der Waals surface area (Å²) in [7, 11) is 0. The average molecular weight is 349 g/mol. The lowest BCUT2D eigenvalue weighted by atomic mass is 9.98. The molecule has 1 fully saturated rings. The molecule has 2 aliphatic rings. The van der Waals surface area contributed by atoms with Crippen LogP contribution in [0.4, 0.5) is 4.39 Å². The highest BCUT2D eigenvalue weighted by molar-refractivity contribution is 6.11. The molecular formula is C21H20FN3O. The summed E-state index contributed by atoms with van der Waals surface area (Å²) < 4.78 is 13.9. The van der Waals surface area contributed by atoms with E-state index < -0.39 is 0 Å². The van der Waals surface area contributed by atoms with Crippen molar-refractivity contribution in [3.05, 3.63) is 59.5 Å².